The number of rotatable bonds is 7. The van der Waals surface area contributed by atoms with Gasteiger partial charge in [-0.25, -0.2) is 9.59 Å². The molecule has 4 atom stereocenters. The van der Waals surface area contributed by atoms with Gasteiger partial charge in [-0.3, -0.25) is 9.59 Å². The maximum absolute atomic E-state index is 14.2. The molecule has 0 aliphatic carbocycles. The molecule has 49 heavy (non-hydrogen) atoms. The van der Waals surface area contributed by atoms with E-state index < -0.39 is 53.1 Å². The lowest BCUT2D eigenvalue weighted by Crippen LogP contribution is -2.59. The van der Waals surface area contributed by atoms with E-state index in [9.17, 15) is 24.3 Å². The summed E-state index contributed by atoms with van der Waals surface area (Å²) in [6, 6.07) is 15.7. The zero-order valence-electron chi connectivity index (χ0n) is 28.5. The van der Waals surface area contributed by atoms with Crippen molar-refractivity contribution in [3.05, 3.63) is 78.1 Å². The topological polar surface area (TPSA) is 169 Å². The van der Waals surface area contributed by atoms with Gasteiger partial charge in [-0.15, -0.1) is 10.2 Å². The van der Waals surface area contributed by atoms with Crippen molar-refractivity contribution in [2.24, 2.45) is 0 Å². The van der Waals surface area contributed by atoms with Gasteiger partial charge in [0, 0.05) is 19.4 Å². The molecule has 1 aromatic heterocycles. The van der Waals surface area contributed by atoms with Gasteiger partial charge in [0.25, 0.3) is 0 Å². The fraction of sp³-hybridized carbons (Fsp3) is 0.472. The summed E-state index contributed by atoms with van der Waals surface area (Å²) in [6.45, 7) is 6.95. The molecule has 5 rings (SSSR count). The second-order valence-corrected chi connectivity index (χ2v) is 13.7. The van der Waals surface area contributed by atoms with Crippen molar-refractivity contribution in [3.63, 3.8) is 0 Å². The summed E-state index contributed by atoms with van der Waals surface area (Å²) in [5.74, 6) is -1.78. The van der Waals surface area contributed by atoms with E-state index in [1.165, 1.54) is 15.8 Å². The van der Waals surface area contributed by atoms with Crippen molar-refractivity contribution < 1.29 is 29.0 Å². The van der Waals surface area contributed by atoms with E-state index in [-0.39, 0.29) is 19.4 Å². The molecule has 0 spiro atoms. The number of carboxylic acid groups (broad SMARTS) is 1. The fourth-order valence-corrected chi connectivity index (χ4v) is 6.21. The lowest BCUT2D eigenvalue weighted by Gasteiger charge is -2.32. The number of nitrogens with zero attached hydrogens (tertiary/aromatic N) is 5. The number of aliphatic carboxylic acids is 1. The van der Waals surface area contributed by atoms with E-state index in [1.54, 1.807) is 33.8 Å². The quantitative estimate of drug-likeness (QED) is 0.308. The standard InChI is InChI=1S/C36H45N7O6/c1-5-36(33(46)47)20-12-7-6-11-15-28(37-34(48)49-35(2,3)4)32(45)42-23-27(22-29(42)31(44)38-36)43-40-30(39-41-43)21-24-16-18-26(19-17-24)25-13-9-8-10-14-25/h8-10,12-14,16-20,27-29H,5-7,11,15,21-23H2,1-4H3,(H,37,48)(H,38,44)(H,46,47)/b20-12-/t27-,28+,29+,36-/m1/s1. The number of ether oxygens (including phenoxy) is 1. The Morgan fingerprint density at radius 3 is 2.45 bits per heavy atom. The highest BCUT2D eigenvalue weighted by Gasteiger charge is 2.46. The predicted octanol–water partition coefficient (Wildman–Crippen LogP) is 4.45. The molecule has 13 nitrogen and oxygen atoms in total. The highest BCUT2D eigenvalue weighted by atomic mass is 16.6. The van der Waals surface area contributed by atoms with Gasteiger partial charge in [-0.05, 0) is 68.4 Å². The number of carbonyl (C=O) groups excluding carboxylic acids is 3. The van der Waals surface area contributed by atoms with Crippen LogP contribution in [0.1, 0.15) is 83.6 Å². The number of amides is 3. The van der Waals surface area contributed by atoms with Gasteiger partial charge >= 0.3 is 12.1 Å². The SMILES string of the molecule is CC[C@]1(C(=O)O)/C=C\CCCC[C@H](NC(=O)OC(C)(C)C)C(=O)N2C[C@H](n3nnc(Cc4ccc(-c5ccccc5)cc4)n3)C[C@H]2C(=O)N1. The summed E-state index contributed by atoms with van der Waals surface area (Å²) in [4.78, 5) is 56.2. The molecule has 2 aliphatic heterocycles. The van der Waals surface area contributed by atoms with Gasteiger partial charge in [0.2, 0.25) is 11.8 Å². The zero-order valence-corrected chi connectivity index (χ0v) is 28.5. The minimum absolute atomic E-state index is 0.0625. The van der Waals surface area contributed by atoms with Gasteiger partial charge < -0.3 is 25.4 Å². The summed E-state index contributed by atoms with van der Waals surface area (Å²) >= 11 is 0. The monoisotopic (exact) mass is 671 g/mol. The number of alkyl carbamates (subject to hydrolysis) is 1. The molecule has 3 aromatic rings. The molecule has 13 heteroatoms. The maximum Gasteiger partial charge on any atom is 0.408 e. The first kappa shape index (κ1) is 35.2. The Morgan fingerprint density at radius 2 is 1.78 bits per heavy atom. The van der Waals surface area contributed by atoms with Crippen LogP contribution in [0.25, 0.3) is 11.1 Å². The molecule has 0 bridgehead atoms. The summed E-state index contributed by atoms with van der Waals surface area (Å²) in [5.41, 5.74) is 0.796. The average molecular weight is 672 g/mol. The normalized spacial score (nSPS) is 24.1. The van der Waals surface area contributed by atoms with E-state index in [2.05, 4.69) is 38.2 Å². The Labute approximate surface area is 286 Å². The number of aromatic nitrogens is 4. The van der Waals surface area contributed by atoms with Crippen LogP contribution in [-0.2, 0) is 25.5 Å². The Bertz CT molecular complexity index is 1670. The number of allylic oxidation sites excluding steroid dienone is 1. The van der Waals surface area contributed by atoms with E-state index in [4.69, 9.17) is 4.74 Å². The molecule has 2 aromatic carbocycles. The van der Waals surface area contributed by atoms with E-state index in [0.29, 0.717) is 37.9 Å². The van der Waals surface area contributed by atoms with Crippen molar-refractivity contribution in [2.75, 3.05) is 6.54 Å². The van der Waals surface area contributed by atoms with Gasteiger partial charge in [0.1, 0.15) is 17.7 Å². The van der Waals surface area contributed by atoms with Crippen LogP contribution in [0.3, 0.4) is 0 Å². The first-order valence-corrected chi connectivity index (χ1v) is 16.8. The minimum atomic E-state index is -1.64. The number of hydrogen-bond acceptors (Lipinski definition) is 8. The van der Waals surface area contributed by atoms with Gasteiger partial charge in [-0.1, -0.05) is 80.1 Å². The fourth-order valence-electron chi connectivity index (χ4n) is 6.21. The Kier molecular flexibility index (Phi) is 10.8. The van der Waals surface area contributed by atoms with E-state index >= 15 is 0 Å². The Balaban J connectivity index is 1.39. The highest BCUT2D eigenvalue weighted by molar-refractivity contribution is 5.95. The van der Waals surface area contributed by atoms with Gasteiger partial charge in [0.15, 0.2) is 11.4 Å². The minimum Gasteiger partial charge on any atom is -0.479 e. The lowest BCUT2D eigenvalue weighted by molar-refractivity contribution is -0.147. The zero-order chi connectivity index (χ0) is 35.2. The van der Waals surface area contributed by atoms with Crippen LogP contribution in [0, 0.1) is 0 Å². The second kappa shape index (κ2) is 15.0. The highest BCUT2D eigenvalue weighted by Crippen LogP contribution is 2.30. The summed E-state index contributed by atoms with van der Waals surface area (Å²) in [7, 11) is 0. The van der Waals surface area contributed by atoms with Gasteiger partial charge in [0.05, 0.1) is 6.04 Å². The third-order valence-corrected chi connectivity index (χ3v) is 8.87. The van der Waals surface area contributed by atoms with Crippen LogP contribution in [0.15, 0.2) is 66.7 Å². The third kappa shape index (κ3) is 8.70. The summed E-state index contributed by atoms with van der Waals surface area (Å²) in [6.07, 6.45) is 5.29. The van der Waals surface area contributed by atoms with Crippen molar-refractivity contribution >= 4 is 23.9 Å². The number of nitrogens with one attached hydrogen (secondary N) is 2. The van der Waals surface area contributed by atoms with Crippen LogP contribution in [0.2, 0.25) is 0 Å². The molecule has 2 aliphatic rings. The first-order valence-electron chi connectivity index (χ1n) is 16.8. The smallest absolute Gasteiger partial charge is 0.408 e. The Hall–Kier alpha value is -5.07. The summed E-state index contributed by atoms with van der Waals surface area (Å²) in [5, 5.41) is 28.8. The van der Waals surface area contributed by atoms with Crippen LogP contribution in [0.5, 0.6) is 0 Å². The number of benzene rings is 2. The van der Waals surface area contributed by atoms with Crippen molar-refractivity contribution in [3.8, 4) is 11.1 Å². The second-order valence-electron chi connectivity index (χ2n) is 13.7. The molecule has 1 saturated heterocycles. The number of tetrazole rings is 1. The summed E-state index contributed by atoms with van der Waals surface area (Å²) < 4.78 is 5.44. The van der Waals surface area contributed by atoms with E-state index in [1.807, 2.05) is 42.5 Å². The predicted molar refractivity (Wildman–Crippen MR) is 181 cm³/mol. The molecular formula is C36H45N7O6. The lowest BCUT2D eigenvalue weighted by atomic mass is 9.94. The molecule has 3 amide bonds. The largest absolute Gasteiger partial charge is 0.479 e. The van der Waals surface area contributed by atoms with Crippen LogP contribution >= 0.6 is 0 Å². The maximum atomic E-state index is 14.2. The first-order chi connectivity index (χ1) is 23.4. The molecule has 260 valence electrons. The molecule has 0 saturated carbocycles. The van der Waals surface area contributed by atoms with Gasteiger partial charge in [-0.2, -0.15) is 4.80 Å². The number of carboxylic acids is 1. The Morgan fingerprint density at radius 1 is 1.06 bits per heavy atom. The molecule has 1 fully saturated rings. The third-order valence-electron chi connectivity index (χ3n) is 8.87. The average Bonchev–Trinajstić information content (AvgIpc) is 3.72. The molecule has 0 unspecified atom stereocenters. The molecule has 3 N–H and O–H groups in total. The number of fused-ring (bicyclic) bond motifs is 1. The van der Waals surface area contributed by atoms with Crippen molar-refractivity contribution in [1.29, 1.82) is 0 Å². The van der Waals surface area contributed by atoms with Crippen molar-refractivity contribution in [2.45, 2.75) is 102 Å². The van der Waals surface area contributed by atoms with E-state index in [0.717, 1.165) is 16.7 Å². The number of hydrogen-bond donors (Lipinski definition) is 3. The molecule has 0 radical (unpaired) electrons. The van der Waals surface area contributed by atoms with Crippen LogP contribution in [-0.4, -0.2) is 83.9 Å². The molecular weight excluding hydrogens is 626 g/mol. The van der Waals surface area contributed by atoms with Crippen LogP contribution < -0.4 is 10.6 Å². The van der Waals surface area contributed by atoms with Crippen LogP contribution in [0.4, 0.5) is 4.79 Å². The van der Waals surface area contributed by atoms with Crippen molar-refractivity contribution in [1.82, 2.24) is 35.7 Å². The molecule has 3 heterocycles. The number of carbonyl (C=O) groups is 4.